The van der Waals surface area contributed by atoms with Crippen molar-refractivity contribution in [2.45, 2.75) is 38.5 Å². The summed E-state index contributed by atoms with van der Waals surface area (Å²) in [6, 6.07) is 12.8. The van der Waals surface area contributed by atoms with E-state index in [2.05, 4.69) is 20.0 Å². The Labute approximate surface area is 187 Å². The van der Waals surface area contributed by atoms with Crippen molar-refractivity contribution in [3.8, 4) is 0 Å². The Bertz CT molecular complexity index is 1260. The van der Waals surface area contributed by atoms with Crippen LogP contribution in [0.5, 0.6) is 0 Å². The fraction of sp³-hybridized carbons (Fsp3) is 0.217. The molecule has 9 heteroatoms. The molecule has 2 aromatic carbocycles. The molecule has 0 bridgehead atoms. The zero-order chi connectivity index (χ0) is 23.3. The summed E-state index contributed by atoms with van der Waals surface area (Å²) < 4.78 is 27.3. The highest BCUT2D eigenvalue weighted by Crippen LogP contribution is 2.17. The average Bonchev–Trinajstić information content (AvgIpc) is 2.74. The van der Waals surface area contributed by atoms with Gasteiger partial charge in [-0.05, 0) is 68.3 Å². The molecule has 166 valence electrons. The highest BCUT2D eigenvalue weighted by Gasteiger charge is 2.16. The first kappa shape index (κ1) is 23.1. The highest BCUT2D eigenvalue weighted by molar-refractivity contribution is 7.92. The van der Waals surface area contributed by atoms with Crippen LogP contribution in [0.4, 0.5) is 11.6 Å². The fourth-order valence-corrected chi connectivity index (χ4v) is 3.86. The molecule has 0 aliphatic carbocycles. The van der Waals surface area contributed by atoms with E-state index < -0.39 is 10.0 Å². The molecule has 0 saturated carbocycles. The standard InChI is InChI=1S/C23H24N4O4S/c1-15-4-5-18(14-16(15)2)21(28)10-11-22(29)26-19-6-8-20(9-7-19)32(30,31)27-23-24-13-12-17(3)25-23/h4-9,12-14H,10-11H2,1-3H3,(H,26,29)(H,24,25,27). The lowest BCUT2D eigenvalue weighted by Crippen LogP contribution is -2.16. The molecule has 3 rings (SSSR count). The monoisotopic (exact) mass is 452 g/mol. The van der Waals surface area contributed by atoms with Crippen molar-refractivity contribution in [2.75, 3.05) is 10.0 Å². The van der Waals surface area contributed by atoms with Crippen LogP contribution in [-0.4, -0.2) is 30.1 Å². The van der Waals surface area contributed by atoms with E-state index in [4.69, 9.17) is 0 Å². The summed E-state index contributed by atoms with van der Waals surface area (Å²) in [6.07, 6.45) is 1.57. The third kappa shape index (κ3) is 5.98. The van der Waals surface area contributed by atoms with E-state index in [9.17, 15) is 18.0 Å². The maximum absolute atomic E-state index is 12.5. The molecule has 2 N–H and O–H groups in total. The minimum Gasteiger partial charge on any atom is -0.326 e. The lowest BCUT2D eigenvalue weighted by atomic mass is 10.0. The molecule has 0 aliphatic rings. The van der Waals surface area contributed by atoms with Gasteiger partial charge in [0.15, 0.2) is 5.78 Å². The quantitative estimate of drug-likeness (QED) is 0.502. The average molecular weight is 453 g/mol. The number of sulfonamides is 1. The van der Waals surface area contributed by atoms with Gasteiger partial charge in [0.05, 0.1) is 4.90 Å². The van der Waals surface area contributed by atoms with Crippen molar-refractivity contribution in [1.29, 1.82) is 0 Å². The number of nitrogens with one attached hydrogen (secondary N) is 2. The topological polar surface area (TPSA) is 118 Å². The van der Waals surface area contributed by atoms with Crippen molar-refractivity contribution < 1.29 is 18.0 Å². The minimum atomic E-state index is -3.87. The molecule has 0 spiro atoms. The summed E-state index contributed by atoms with van der Waals surface area (Å²) in [7, 11) is -3.87. The lowest BCUT2D eigenvalue weighted by Gasteiger charge is -2.09. The fourth-order valence-electron chi connectivity index (χ4n) is 2.90. The van der Waals surface area contributed by atoms with Crippen LogP contribution in [0.3, 0.4) is 0 Å². The number of hydrogen-bond acceptors (Lipinski definition) is 6. The molecule has 0 atom stereocenters. The van der Waals surface area contributed by atoms with Crippen LogP contribution in [0.1, 0.15) is 40.0 Å². The summed E-state index contributed by atoms with van der Waals surface area (Å²) in [6.45, 7) is 5.64. The van der Waals surface area contributed by atoms with Crippen LogP contribution in [0.25, 0.3) is 0 Å². The number of nitrogens with zero attached hydrogens (tertiary/aromatic N) is 2. The van der Waals surface area contributed by atoms with E-state index in [0.717, 1.165) is 11.1 Å². The summed E-state index contributed by atoms with van der Waals surface area (Å²) >= 11 is 0. The van der Waals surface area contributed by atoms with E-state index in [-0.39, 0.29) is 35.4 Å². The van der Waals surface area contributed by atoms with Crippen LogP contribution in [0.2, 0.25) is 0 Å². The molecule has 1 heterocycles. The Balaban J connectivity index is 1.57. The van der Waals surface area contributed by atoms with Crippen molar-refractivity contribution in [3.63, 3.8) is 0 Å². The number of aromatic nitrogens is 2. The first-order valence-electron chi connectivity index (χ1n) is 9.97. The van der Waals surface area contributed by atoms with E-state index in [1.54, 1.807) is 19.1 Å². The second kappa shape index (κ2) is 9.69. The van der Waals surface area contributed by atoms with E-state index >= 15 is 0 Å². The van der Waals surface area contributed by atoms with E-state index in [1.807, 2.05) is 26.0 Å². The summed E-state index contributed by atoms with van der Waals surface area (Å²) in [4.78, 5) is 32.5. The van der Waals surface area contributed by atoms with Gasteiger partial charge in [0.1, 0.15) is 0 Å². The number of amides is 1. The number of aryl methyl sites for hydroxylation is 3. The predicted molar refractivity (Wildman–Crippen MR) is 122 cm³/mol. The third-order valence-electron chi connectivity index (χ3n) is 4.88. The molecule has 1 aromatic heterocycles. The number of hydrogen-bond donors (Lipinski definition) is 2. The SMILES string of the molecule is Cc1ccnc(NS(=O)(=O)c2ccc(NC(=O)CCC(=O)c3ccc(C)c(C)c3)cc2)n1. The van der Waals surface area contributed by atoms with Gasteiger partial charge in [-0.2, -0.15) is 0 Å². The molecule has 3 aromatic rings. The van der Waals surface area contributed by atoms with Gasteiger partial charge in [0.25, 0.3) is 10.0 Å². The third-order valence-corrected chi connectivity index (χ3v) is 6.22. The summed E-state index contributed by atoms with van der Waals surface area (Å²) in [5.74, 6) is -0.450. The minimum absolute atomic E-state index is 0.00511. The van der Waals surface area contributed by atoms with Crippen molar-refractivity contribution in [3.05, 3.63) is 77.1 Å². The number of anilines is 2. The Kier molecular flexibility index (Phi) is 6.99. The van der Waals surface area contributed by atoms with Gasteiger partial charge < -0.3 is 5.32 Å². The van der Waals surface area contributed by atoms with Crippen molar-refractivity contribution >= 4 is 33.3 Å². The smallest absolute Gasteiger partial charge is 0.264 e. The molecule has 0 radical (unpaired) electrons. The Morgan fingerprint density at radius 2 is 1.62 bits per heavy atom. The van der Waals surface area contributed by atoms with Gasteiger partial charge in [0.2, 0.25) is 11.9 Å². The maximum Gasteiger partial charge on any atom is 0.264 e. The van der Waals surface area contributed by atoms with Gasteiger partial charge in [-0.15, -0.1) is 0 Å². The molecular formula is C23H24N4O4S. The molecule has 0 saturated heterocycles. The number of ketones is 1. The maximum atomic E-state index is 12.5. The Morgan fingerprint density at radius 3 is 2.28 bits per heavy atom. The second-order valence-corrected chi connectivity index (χ2v) is 9.10. The molecule has 8 nitrogen and oxygen atoms in total. The van der Waals surface area contributed by atoms with Gasteiger partial charge >= 0.3 is 0 Å². The summed E-state index contributed by atoms with van der Waals surface area (Å²) in [5, 5.41) is 2.67. The number of carbonyl (C=O) groups excluding carboxylic acids is 2. The van der Waals surface area contributed by atoms with E-state index in [1.165, 1.54) is 30.5 Å². The normalized spacial score (nSPS) is 11.1. The first-order valence-corrected chi connectivity index (χ1v) is 11.5. The predicted octanol–water partition coefficient (Wildman–Crippen LogP) is 3.80. The summed E-state index contributed by atoms with van der Waals surface area (Å²) in [5.41, 5.74) is 3.77. The van der Waals surface area contributed by atoms with Crippen LogP contribution in [0.15, 0.2) is 59.6 Å². The van der Waals surface area contributed by atoms with E-state index in [0.29, 0.717) is 16.9 Å². The van der Waals surface area contributed by atoms with Crippen LogP contribution in [-0.2, 0) is 14.8 Å². The second-order valence-electron chi connectivity index (χ2n) is 7.42. The zero-order valence-electron chi connectivity index (χ0n) is 18.0. The molecular weight excluding hydrogens is 428 g/mol. The molecule has 0 unspecified atom stereocenters. The number of benzene rings is 2. The van der Waals surface area contributed by atoms with Crippen LogP contribution >= 0.6 is 0 Å². The Morgan fingerprint density at radius 1 is 0.906 bits per heavy atom. The highest BCUT2D eigenvalue weighted by atomic mass is 32.2. The number of carbonyl (C=O) groups is 2. The van der Waals surface area contributed by atoms with Gasteiger partial charge in [-0.25, -0.2) is 23.1 Å². The van der Waals surface area contributed by atoms with Crippen LogP contribution < -0.4 is 10.0 Å². The van der Waals surface area contributed by atoms with Crippen LogP contribution in [0, 0.1) is 20.8 Å². The van der Waals surface area contributed by atoms with Gasteiger partial charge in [-0.3, -0.25) is 9.59 Å². The molecule has 32 heavy (non-hydrogen) atoms. The molecule has 1 amide bonds. The first-order chi connectivity index (χ1) is 15.1. The van der Waals surface area contributed by atoms with Gasteiger partial charge in [-0.1, -0.05) is 12.1 Å². The number of Topliss-reactive ketones (excluding diaryl/α,β-unsaturated/α-hetero) is 1. The van der Waals surface area contributed by atoms with Gasteiger partial charge in [0, 0.05) is 36.0 Å². The lowest BCUT2D eigenvalue weighted by molar-refractivity contribution is -0.116. The largest absolute Gasteiger partial charge is 0.326 e. The van der Waals surface area contributed by atoms with Crippen molar-refractivity contribution in [2.24, 2.45) is 0 Å². The Hall–Kier alpha value is -3.59. The van der Waals surface area contributed by atoms with Crippen molar-refractivity contribution in [1.82, 2.24) is 9.97 Å². The number of rotatable bonds is 8. The molecule has 0 fully saturated rings. The molecule has 0 aliphatic heterocycles. The zero-order valence-corrected chi connectivity index (χ0v) is 18.9.